The summed E-state index contributed by atoms with van der Waals surface area (Å²) in [6, 6.07) is 6.00. The van der Waals surface area contributed by atoms with E-state index in [1.807, 2.05) is 20.8 Å². The van der Waals surface area contributed by atoms with Gasteiger partial charge in [-0.15, -0.1) is 11.3 Å². The molecule has 5 nitrogen and oxygen atoms in total. The lowest BCUT2D eigenvalue weighted by Gasteiger charge is -2.13. The zero-order valence-corrected chi connectivity index (χ0v) is 12.8. The highest BCUT2D eigenvalue weighted by Gasteiger charge is 2.20. The molecule has 2 rings (SSSR count). The molecule has 0 spiro atoms. The van der Waals surface area contributed by atoms with E-state index in [-0.39, 0.29) is 16.9 Å². The van der Waals surface area contributed by atoms with Crippen LogP contribution in [0.2, 0.25) is 0 Å². The molecule has 1 aromatic heterocycles. The number of thiazole rings is 1. The Morgan fingerprint density at radius 3 is 2.29 bits per heavy atom. The minimum Gasteiger partial charge on any atom is -0.478 e. The molecule has 0 bridgehead atoms. The van der Waals surface area contributed by atoms with Crippen molar-refractivity contribution >= 4 is 28.9 Å². The lowest BCUT2D eigenvalue weighted by atomic mass is 9.98. The van der Waals surface area contributed by atoms with Crippen LogP contribution in [0.25, 0.3) is 0 Å². The number of nitrogens with one attached hydrogen (secondary N) is 1. The summed E-state index contributed by atoms with van der Waals surface area (Å²) in [5.41, 5.74) is 0.992. The number of carboxylic acid groups (broad SMARTS) is 1. The average molecular weight is 304 g/mol. The van der Waals surface area contributed by atoms with Gasteiger partial charge in [-0.05, 0) is 24.3 Å². The highest BCUT2D eigenvalue weighted by Crippen LogP contribution is 2.25. The molecule has 2 aromatic rings. The number of carbonyl (C=O) groups excluding carboxylic acids is 1. The zero-order valence-electron chi connectivity index (χ0n) is 12.0. The largest absolute Gasteiger partial charge is 0.478 e. The molecule has 0 aliphatic heterocycles. The number of hydrogen-bond donors (Lipinski definition) is 2. The van der Waals surface area contributed by atoms with Crippen LogP contribution >= 0.6 is 11.3 Å². The van der Waals surface area contributed by atoms with Gasteiger partial charge in [-0.3, -0.25) is 4.79 Å². The number of rotatable bonds is 3. The number of carboxylic acids is 1. The summed E-state index contributed by atoms with van der Waals surface area (Å²) < 4.78 is 0. The maximum atomic E-state index is 12.1. The molecule has 110 valence electrons. The Morgan fingerprint density at radius 2 is 1.81 bits per heavy atom. The first-order valence-corrected chi connectivity index (χ1v) is 7.26. The van der Waals surface area contributed by atoms with Crippen molar-refractivity contribution < 1.29 is 14.7 Å². The first-order chi connectivity index (χ1) is 9.77. The van der Waals surface area contributed by atoms with Crippen LogP contribution in [-0.2, 0) is 5.41 Å². The molecular formula is C15H16N2O3S. The number of anilines is 1. The Hall–Kier alpha value is -2.21. The van der Waals surface area contributed by atoms with Gasteiger partial charge >= 0.3 is 5.97 Å². The second-order valence-corrected chi connectivity index (χ2v) is 6.48. The molecule has 0 aliphatic carbocycles. The Morgan fingerprint density at radius 1 is 1.19 bits per heavy atom. The maximum absolute atomic E-state index is 12.1. The van der Waals surface area contributed by atoms with E-state index < -0.39 is 5.97 Å². The van der Waals surface area contributed by atoms with Crippen LogP contribution in [0.3, 0.4) is 0 Å². The van der Waals surface area contributed by atoms with E-state index in [1.165, 1.54) is 23.5 Å². The third kappa shape index (κ3) is 3.66. The van der Waals surface area contributed by atoms with Crippen LogP contribution < -0.4 is 5.32 Å². The summed E-state index contributed by atoms with van der Waals surface area (Å²) in [7, 11) is 0. The van der Waals surface area contributed by atoms with Crippen LogP contribution in [0, 0.1) is 0 Å². The van der Waals surface area contributed by atoms with Gasteiger partial charge in [-0.25, -0.2) is 9.78 Å². The molecule has 0 fully saturated rings. The number of aromatic nitrogens is 1. The molecule has 0 atom stereocenters. The average Bonchev–Trinajstić information content (AvgIpc) is 2.88. The molecule has 6 heteroatoms. The molecule has 1 amide bonds. The van der Waals surface area contributed by atoms with Crippen molar-refractivity contribution in [3.05, 3.63) is 45.9 Å². The number of nitrogens with zero attached hydrogens (tertiary/aromatic N) is 1. The van der Waals surface area contributed by atoms with E-state index in [4.69, 9.17) is 5.11 Å². The zero-order chi connectivity index (χ0) is 15.6. The van der Waals surface area contributed by atoms with Crippen LogP contribution in [-0.4, -0.2) is 22.0 Å². The lowest BCUT2D eigenvalue weighted by molar-refractivity contribution is 0.0696. The van der Waals surface area contributed by atoms with Crippen molar-refractivity contribution in [1.29, 1.82) is 0 Å². The van der Waals surface area contributed by atoms with Gasteiger partial charge in [0, 0.05) is 16.5 Å². The van der Waals surface area contributed by atoms with Crippen molar-refractivity contribution in [3.63, 3.8) is 0 Å². The molecular weight excluding hydrogens is 288 g/mol. The minimum atomic E-state index is -0.998. The SMILES string of the molecule is CC(C)(C)c1nc(C(=O)Nc2ccc(C(=O)O)cc2)cs1. The molecule has 1 heterocycles. The summed E-state index contributed by atoms with van der Waals surface area (Å²) in [5.74, 6) is -1.30. The Balaban J connectivity index is 2.11. The van der Waals surface area contributed by atoms with Gasteiger partial charge in [0.15, 0.2) is 0 Å². The van der Waals surface area contributed by atoms with Gasteiger partial charge in [0.1, 0.15) is 5.69 Å². The van der Waals surface area contributed by atoms with E-state index in [0.717, 1.165) is 5.01 Å². The van der Waals surface area contributed by atoms with Crippen LogP contribution in [0.4, 0.5) is 5.69 Å². The van der Waals surface area contributed by atoms with Crippen molar-refractivity contribution in [2.45, 2.75) is 26.2 Å². The number of carbonyl (C=O) groups is 2. The standard InChI is InChI=1S/C15H16N2O3S/c1-15(2,3)14-17-11(8-21-14)12(18)16-10-6-4-9(5-7-10)13(19)20/h4-8H,1-3H3,(H,16,18)(H,19,20). The van der Waals surface area contributed by atoms with Gasteiger partial charge in [0.05, 0.1) is 10.6 Å². The first kappa shape index (κ1) is 15.2. The highest BCUT2D eigenvalue weighted by molar-refractivity contribution is 7.10. The fourth-order valence-electron chi connectivity index (χ4n) is 1.61. The predicted octanol–water partition coefficient (Wildman–Crippen LogP) is 3.39. The van der Waals surface area contributed by atoms with E-state index in [0.29, 0.717) is 11.4 Å². The monoisotopic (exact) mass is 304 g/mol. The van der Waals surface area contributed by atoms with Crippen molar-refractivity contribution in [3.8, 4) is 0 Å². The molecule has 0 saturated carbocycles. The topological polar surface area (TPSA) is 79.3 Å². The summed E-state index contributed by atoms with van der Waals surface area (Å²) in [6.45, 7) is 6.12. The van der Waals surface area contributed by atoms with Gasteiger partial charge in [0.2, 0.25) is 0 Å². The summed E-state index contributed by atoms with van der Waals surface area (Å²) in [5, 5.41) is 14.1. The predicted molar refractivity (Wildman–Crippen MR) is 82.2 cm³/mol. The highest BCUT2D eigenvalue weighted by atomic mass is 32.1. The van der Waals surface area contributed by atoms with Crippen molar-refractivity contribution in [2.24, 2.45) is 0 Å². The molecule has 21 heavy (non-hydrogen) atoms. The molecule has 0 saturated heterocycles. The smallest absolute Gasteiger partial charge is 0.335 e. The third-order valence-corrected chi connectivity index (χ3v) is 4.04. The van der Waals surface area contributed by atoms with Crippen molar-refractivity contribution in [2.75, 3.05) is 5.32 Å². The normalized spacial score (nSPS) is 11.2. The first-order valence-electron chi connectivity index (χ1n) is 6.38. The van der Waals surface area contributed by atoms with Gasteiger partial charge < -0.3 is 10.4 Å². The van der Waals surface area contributed by atoms with Gasteiger partial charge in [-0.2, -0.15) is 0 Å². The summed E-state index contributed by atoms with van der Waals surface area (Å²) in [6.07, 6.45) is 0. The van der Waals surface area contributed by atoms with Gasteiger partial charge in [0.25, 0.3) is 5.91 Å². The van der Waals surface area contributed by atoms with E-state index in [1.54, 1.807) is 17.5 Å². The van der Waals surface area contributed by atoms with Crippen LogP contribution in [0.15, 0.2) is 29.6 Å². The molecule has 0 aliphatic rings. The van der Waals surface area contributed by atoms with E-state index in [2.05, 4.69) is 10.3 Å². The quantitative estimate of drug-likeness (QED) is 0.911. The van der Waals surface area contributed by atoms with Crippen LogP contribution in [0.1, 0.15) is 46.6 Å². The fraction of sp³-hybridized carbons (Fsp3) is 0.267. The maximum Gasteiger partial charge on any atom is 0.335 e. The Kier molecular flexibility index (Phi) is 4.09. The Labute approximate surface area is 126 Å². The third-order valence-electron chi connectivity index (χ3n) is 2.77. The Bertz CT molecular complexity index is 669. The minimum absolute atomic E-state index is 0.0909. The molecule has 0 unspecified atom stereocenters. The van der Waals surface area contributed by atoms with Crippen molar-refractivity contribution in [1.82, 2.24) is 4.98 Å². The number of amides is 1. The second kappa shape index (κ2) is 5.65. The molecule has 2 N–H and O–H groups in total. The number of aromatic carboxylic acids is 1. The van der Waals surface area contributed by atoms with E-state index >= 15 is 0 Å². The lowest BCUT2D eigenvalue weighted by Crippen LogP contribution is -2.15. The second-order valence-electron chi connectivity index (χ2n) is 5.62. The fourth-order valence-corrected chi connectivity index (χ4v) is 2.50. The summed E-state index contributed by atoms with van der Waals surface area (Å²) in [4.78, 5) is 27.2. The van der Waals surface area contributed by atoms with E-state index in [9.17, 15) is 9.59 Å². The number of benzene rings is 1. The van der Waals surface area contributed by atoms with Gasteiger partial charge in [-0.1, -0.05) is 20.8 Å². The summed E-state index contributed by atoms with van der Waals surface area (Å²) >= 11 is 1.45. The molecule has 0 radical (unpaired) electrons. The molecule has 1 aromatic carbocycles. The number of hydrogen-bond acceptors (Lipinski definition) is 4. The van der Waals surface area contributed by atoms with Crippen LogP contribution in [0.5, 0.6) is 0 Å².